The molecule has 2 heterocycles. The second kappa shape index (κ2) is 9.70. The number of halogens is 1. The first-order valence-electron chi connectivity index (χ1n) is 10.2. The normalized spacial score (nSPS) is 18.4. The van der Waals surface area contributed by atoms with Gasteiger partial charge in [-0.2, -0.15) is 5.26 Å². The molecular formula is C21H27FN4O3. The van der Waals surface area contributed by atoms with E-state index >= 15 is 0 Å². The van der Waals surface area contributed by atoms with Crippen LogP contribution in [0.25, 0.3) is 0 Å². The Kier molecular flexibility index (Phi) is 7.04. The van der Waals surface area contributed by atoms with Gasteiger partial charge in [0, 0.05) is 32.7 Å². The number of carbonyl (C=O) groups excluding carboxylic acids is 2. The van der Waals surface area contributed by atoms with Crippen molar-refractivity contribution in [3.05, 3.63) is 29.6 Å². The van der Waals surface area contributed by atoms with Crippen molar-refractivity contribution in [2.45, 2.75) is 38.2 Å². The van der Waals surface area contributed by atoms with Crippen molar-refractivity contribution in [2.75, 3.05) is 37.6 Å². The Hall–Kier alpha value is -2.66. The van der Waals surface area contributed by atoms with E-state index in [9.17, 15) is 24.3 Å². The number of likely N-dealkylation sites (tertiary alicyclic amines) is 1. The van der Waals surface area contributed by atoms with E-state index in [1.807, 2.05) is 6.07 Å². The third-order valence-electron chi connectivity index (χ3n) is 5.73. The lowest BCUT2D eigenvalue weighted by Gasteiger charge is -2.34. The number of nitrogens with one attached hydrogen (secondary N) is 1. The third kappa shape index (κ3) is 5.45. The molecule has 3 rings (SSSR count). The van der Waals surface area contributed by atoms with Gasteiger partial charge in [0.2, 0.25) is 11.8 Å². The van der Waals surface area contributed by atoms with Crippen LogP contribution in [-0.2, 0) is 9.59 Å². The molecule has 2 amide bonds. The molecule has 2 fully saturated rings. The zero-order chi connectivity index (χ0) is 20.8. The summed E-state index contributed by atoms with van der Waals surface area (Å²) in [6.45, 7) is 3.25. The van der Waals surface area contributed by atoms with Crippen molar-refractivity contribution in [1.29, 1.82) is 5.26 Å². The molecule has 2 aliphatic heterocycles. The van der Waals surface area contributed by atoms with Gasteiger partial charge in [-0.05, 0) is 49.8 Å². The minimum atomic E-state index is -1.32. The summed E-state index contributed by atoms with van der Waals surface area (Å²) in [4.78, 5) is 27.9. The van der Waals surface area contributed by atoms with Crippen LogP contribution in [0.2, 0.25) is 0 Å². The standard InChI is InChI=1S/C21H27FN4O3/c22-17-3-4-18(16(11-17)13-23)25-9-5-15(6-10-25)14-24-21(29)19(27)12-20(28)26-7-1-2-8-26/h3-4,11,15,19,27H,1-2,5-10,12,14H2,(H,24,29)/t19-/m1/s1. The van der Waals surface area contributed by atoms with Crippen LogP contribution in [0.3, 0.4) is 0 Å². The smallest absolute Gasteiger partial charge is 0.249 e. The van der Waals surface area contributed by atoms with Crippen LogP contribution in [0.5, 0.6) is 0 Å². The lowest BCUT2D eigenvalue weighted by Crippen LogP contribution is -2.43. The summed E-state index contributed by atoms with van der Waals surface area (Å²) < 4.78 is 13.3. The predicted molar refractivity (Wildman–Crippen MR) is 105 cm³/mol. The number of hydrogen-bond donors (Lipinski definition) is 2. The lowest BCUT2D eigenvalue weighted by atomic mass is 9.95. The topological polar surface area (TPSA) is 96.7 Å². The molecule has 7 nitrogen and oxygen atoms in total. The first kappa shape index (κ1) is 21.1. The number of rotatable bonds is 6. The summed E-state index contributed by atoms with van der Waals surface area (Å²) in [6.07, 6.45) is 2.07. The number of amides is 2. The molecule has 2 saturated heterocycles. The van der Waals surface area contributed by atoms with Crippen LogP contribution in [0.15, 0.2) is 18.2 Å². The number of aliphatic hydroxyl groups excluding tert-OH is 1. The minimum absolute atomic E-state index is 0.175. The Morgan fingerprint density at radius 3 is 2.59 bits per heavy atom. The Morgan fingerprint density at radius 1 is 1.24 bits per heavy atom. The van der Waals surface area contributed by atoms with Gasteiger partial charge in [0.15, 0.2) is 0 Å². The SMILES string of the molecule is N#Cc1cc(F)ccc1N1CCC(CNC(=O)[C@H](O)CC(=O)N2CCCC2)CC1. The van der Waals surface area contributed by atoms with Gasteiger partial charge in [0.05, 0.1) is 17.7 Å². The molecule has 2 N–H and O–H groups in total. The van der Waals surface area contributed by atoms with Crippen molar-refractivity contribution in [3.8, 4) is 6.07 Å². The maximum atomic E-state index is 13.3. The second-order valence-corrected chi connectivity index (χ2v) is 7.76. The first-order chi connectivity index (χ1) is 14.0. The molecule has 1 aromatic rings. The number of carbonyl (C=O) groups is 2. The van der Waals surface area contributed by atoms with Gasteiger partial charge < -0.3 is 20.2 Å². The number of nitriles is 1. The molecule has 0 unspecified atom stereocenters. The molecule has 156 valence electrons. The minimum Gasteiger partial charge on any atom is -0.383 e. The zero-order valence-electron chi connectivity index (χ0n) is 16.4. The van der Waals surface area contributed by atoms with E-state index in [1.54, 1.807) is 11.0 Å². The molecule has 1 aromatic carbocycles. The highest BCUT2D eigenvalue weighted by molar-refractivity contribution is 5.87. The number of nitrogens with zero attached hydrogens (tertiary/aromatic N) is 3. The van der Waals surface area contributed by atoms with E-state index in [4.69, 9.17) is 0 Å². The van der Waals surface area contributed by atoms with Crippen LogP contribution in [0, 0.1) is 23.1 Å². The van der Waals surface area contributed by atoms with E-state index in [2.05, 4.69) is 10.2 Å². The van der Waals surface area contributed by atoms with E-state index in [0.717, 1.165) is 31.4 Å². The average Bonchev–Trinajstić information content (AvgIpc) is 3.27. The number of benzene rings is 1. The van der Waals surface area contributed by atoms with E-state index in [-0.39, 0.29) is 18.2 Å². The highest BCUT2D eigenvalue weighted by Crippen LogP contribution is 2.26. The highest BCUT2D eigenvalue weighted by Gasteiger charge is 2.26. The molecule has 8 heteroatoms. The van der Waals surface area contributed by atoms with Crippen LogP contribution >= 0.6 is 0 Å². The quantitative estimate of drug-likeness (QED) is 0.750. The predicted octanol–water partition coefficient (Wildman–Crippen LogP) is 1.40. The molecule has 29 heavy (non-hydrogen) atoms. The Balaban J connectivity index is 1.42. The van der Waals surface area contributed by atoms with E-state index < -0.39 is 17.8 Å². The van der Waals surface area contributed by atoms with E-state index in [1.165, 1.54) is 12.1 Å². The van der Waals surface area contributed by atoms with Crippen molar-refractivity contribution in [2.24, 2.45) is 5.92 Å². The molecule has 0 spiro atoms. The van der Waals surface area contributed by atoms with Crippen molar-refractivity contribution in [3.63, 3.8) is 0 Å². The molecule has 0 bridgehead atoms. The monoisotopic (exact) mass is 402 g/mol. The molecule has 0 aliphatic carbocycles. The van der Waals surface area contributed by atoms with Crippen LogP contribution < -0.4 is 10.2 Å². The van der Waals surface area contributed by atoms with Crippen LogP contribution in [0.1, 0.15) is 37.7 Å². The van der Waals surface area contributed by atoms with Gasteiger partial charge in [-0.3, -0.25) is 9.59 Å². The Bertz CT molecular complexity index is 781. The molecule has 1 atom stereocenters. The van der Waals surface area contributed by atoms with Gasteiger partial charge in [0.25, 0.3) is 0 Å². The summed E-state index contributed by atoms with van der Waals surface area (Å²) in [5, 5.41) is 22.0. The van der Waals surface area contributed by atoms with Gasteiger partial charge in [-0.25, -0.2) is 4.39 Å². The Labute approximate surface area is 170 Å². The largest absolute Gasteiger partial charge is 0.383 e. The van der Waals surface area contributed by atoms with Gasteiger partial charge in [-0.1, -0.05) is 0 Å². The lowest BCUT2D eigenvalue weighted by molar-refractivity contribution is -0.139. The summed E-state index contributed by atoms with van der Waals surface area (Å²) >= 11 is 0. The van der Waals surface area contributed by atoms with Gasteiger partial charge in [0.1, 0.15) is 18.0 Å². The fourth-order valence-electron chi connectivity index (χ4n) is 3.97. The Morgan fingerprint density at radius 2 is 1.93 bits per heavy atom. The van der Waals surface area contributed by atoms with Crippen LogP contribution in [0.4, 0.5) is 10.1 Å². The molecule has 0 radical (unpaired) electrons. The second-order valence-electron chi connectivity index (χ2n) is 7.76. The van der Waals surface area contributed by atoms with Crippen molar-refractivity contribution >= 4 is 17.5 Å². The molecular weight excluding hydrogens is 375 g/mol. The number of hydrogen-bond acceptors (Lipinski definition) is 5. The number of piperidine rings is 1. The van der Waals surface area contributed by atoms with Crippen LogP contribution in [-0.4, -0.2) is 60.6 Å². The maximum Gasteiger partial charge on any atom is 0.249 e. The molecule has 2 aliphatic rings. The number of anilines is 1. The summed E-state index contributed by atoms with van der Waals surface area (Å²) in [6, 6.07) is 6.26. The maximum absolute atomic E-state index is 13.3. The molecule has 0 saturated carbocycles. The summed E-state index contributed by atoms with van der Waals surface area (Å²) in [5.41, 5.74) is 1.05. The highest BCUT2D eigenvalue weighted by atomic mass is 19.1. The third-order valence-corrected chi connectivity index (χ3v) is 5.73. The van der Waals surface area contributed by atoms with Crippen molar-refractivity contribution in [1.82, 2.24) is 10.2 Å². The zero-order valence-corrected chi connectivity index (χ0v) is 16.4. The van der Waals surface area contributed by atoms with Gasteiger partial charge in [-0.15, -0.1) is 0 Å². The number of aliphatic hydroxyl groups is 1. The average molecular weight is 402 g/mol. The van der Waals surface area contributed by atoms with Gasteiger partial charge >= 0.3 is 0 Å². The first-order valence-corrected chi connectivity index (χ1v) is 10.2. The van der Waals surface area contributed by atoms with Crippen molar-refractivity contribution < 1.29 is 19.1 Å². The summed E-state index contributed by atoms with van der Waals surface area (Å²) in [5.74, 6) is -0.858. The summed E-state index contributed by atoms with van der Waals surface area (Å²) in [7, 11) is 0. The fraction of sp³-hybridized carbons (Fsp3) is 0.571. The fourth-order valence-corrected chi connectivity index (χ4v) is 3.97. The van der Waals surface area contributed by atoms with E-state index in [0.29, 0.717) is 38.3 Å². The molecule has 0 aromatic heterocycles.